The first-order valence-corrected chi connectivity index (χ1v) is 17.9. The van der Waals surface area contributed by atoms with Gasteiger partial charge in [-0.25, -0.2) is 25.4 Å². The van der Waals surface area contributed by atoms with E-state index in [-0.39, 0.29) is 24.6 Å². The Kier molecular flexibility index (Phi) is 12.7. The summed E-state index contributed by atoms with van der Waals surface area (Å²) in [6.45, 7) is 7.90. The topological polar surface area (TPSA) is 87.2 Å². The minimum absolute atomic E-state index is 0.0232. The van der Waals surface area contributed by atoms with E-state index in [0.717, 1.165) is 62.8 Å². The summed E-state index contributed by atoms with van der Waals surface area (Å²) in [5, 5.41) is 0. The van der Waals surface area contributed by atoms with E-state index < -0.39 is 20.0 Å². The first kappa shape index (κ1) is 31.2. The maximum absolute atomic E-state index is 13.0. The number of anilines is 1. The fraction of sp³-hybridized carbons (Fsp3) is 0.786. The van der Waals surface area contributed by atoms with Crippen LogP contribution in [0.5, 0.6) is 5.75 Å². The number of benzene rings is 1. The van der Waals surface area contributed by atoms with Gasteiger partial charge in [-0.05, 0) is 62.3 Å². The van der Waals surface area contributed by atoms with Crippen molar-refractivity contribution in [3.8, 4) is 5.75 Å². The lowest BCUT2D eigenvalue weighted by molar-refractivity contribution is 0.233. The molecule has 0 spiro atoms. The van der Waals surface area contributed by atoms with E-state index in [9.17, 15) is 16.8 Å². The predicted octanol–water partition coefficient (Wildman–Crippen LogP) is 4.72. The van der Waals surface area contributed by atoms with Gasteiger partial charge in [0.15, 0.2) is 0 Å². The van der Waals surface area contributed by atoms with Crippen LogP contribution in [-0.4, -0.2) is 82.8 Å². The van der Waals surface area contributed by atoms with E-state index in [1.165, 1.54) is 12.8 Å². The number of ether oxygens (including phenoxy) is 1. The maximum Gasteiger partial charge on any atom is 0.215 e. The van der Waals surface area contributed by atoms with Gasteiger partial charge in [-0.1, -0.05) is 46.0 Å². The molecule has 2 saturated heterocycles. The standard InChI is InChI=1S/C28H49N3O5S2/c1-3-5-12-26(4-2)25-36-28-15-13-27(14-16-28)29(21-23-37(32,33)30-17-8-6-9-18-30)22-24-38(34,35)31-19-10-7-11-20-31/h13-16,26H,3-12,17-25H2,1-2H3. The van der Waals surface area contributed by atoms with Crippen molar-refractivity contribution in [3.63, 3.8) is 0 Å². The highest BCUT2D eigenvalue weighted by atomic mass is 32.2. The summed E-state index contributed by atoms with van der Waals surface area (Å²) in [6, 6.07) is 7.66. The zero-order chi connectivity index (χ0) is 27.4. The molecule has 3 rings (SSSR count). The molecule has 0 N–H and O–H groups in total. The smallest absolute Gasteiger partial charge is 0.215 e. The number of sulfonamides is 2. The Morgan fingerprint density at radius 1 is 0.789 bits per heavy atom. The normalized spacial score (nSPS) is 18.8. The Morgan fingerprint density at radius 3 is 1.74 bits per heavy atom. The molecule has 8 nitrogen and oxygen atoms in total. The van der Waals surface area contributed by atoms with Crippen molar-refractivity contribution in [2.75, 3.05) is 62.3 Å². The summed E-state index contributed by atoms with van der Waals surface area (Å²) in [5.41, 5.74) is 0.818. The molecule has 2 fully saturated rings. The Balaban J connectivity index is 1.67. The van der Waals surface area contributed by atoms with E-state index >= 15 is 0 Å². The second-order valence-corrected chi connectivity index (χ2v) is 14.9. The molecule has 0 aliphatic carbocycles. The number of piperidine rings is 2. The van der Waals surface area contributed by atoms with E-state index in [1.807, 2.05) is 29.2 Å². The zero-order valence-electron chi connectivity index (χ0n) is 23.5. The molecule has 1 aromatic carbocycles. The van der Waals surface area contributed by atoms with Crippen molar-refractivity contribution in [2.24, 2.45) is 5.92 Å². The number of nitrogens with zero attached hydrogens (tertiary/aromatic N) is 3. The van der Waals surface area contributed by atoms with Gasteiger partial charge in [0.2, 0.25) is 20.0 Å². The molecule has 0 saturated carbocycles. The highest BCUT2D eigenvalue weighted by Crippen LogP contribution is 2.23. The van der Waals surface area contributed by atoms with Crippen molar-refractivity contribution < 1.29 is 21.6 Å². The summed E-state index contributed by atoms with van der Waals surface area (Å²) < 4.78 is 61.4. The van der Waals surface area contributed by atoms with Crippen LogP contribution in [0.2, 0.25) is 0 Å². The summed E-state index contributed by atoms with van der Waals surface area (Å²) in [5.74, 6) is 1.27. The van der Waals surface area contributed by atoms with Gasteiger partial charge in [0, 0.05) is 45.0 Å². The van der Waals surface area contributed by atoms with Gasteiger partial charge in [-0.3, -0.25) is 0 Å². The van der Waals surface area contributed by atoms with Crippen molar-refractivity contribution in [2.45, 2.75) is 78.1 Å². The fourth-order valence-corrected chi connectivity index (χ4v) is 8.28. The summed E-state index contributed by atoms with van der Waals surface area (Å²) in [6.07, 6.45) is 10.4. The summed E-state index contributed by atoms with van der Waals surface area (Å²) in [4.78, 5) is 1.91. The first-order valence-electron chi connectivity index (χ1n) is 14.7. The SMILES string of the molecule is CCCCC(CC)COc1ccc(N(CCS(=O)(=O)N2CCCCC2)CCS(=O)(=O)N2CCCCC2)cc1. The van der Waals surface area contributed by atoms with Crippen LogP contribution in [0.1, 0.15) is 78.1 Å². The molecular weight excluding hydrogens is 522 g/mol. The van der Waals surface area contributed by atoms with Gasteiger partial charge in [0.25, 0.3) is 0 Å². The Morgan fingerprint density at radius 2 is 1.29 bits per heavy atom. The lowest BCUT2D eigenvalue weighted by Gasteiger charge is -2.30. The number of rotatable bonds is 16. The molecule has 2 aliphatic rings. The number of hydrogen-bond acceptors (Lipinski definition) is 6. The Hall–Kier alpha value is -1.36. The van der Waals surface area contributed by atoms with Crippen LogP contribution < -0.4 is 9.64 Å². The van der Waals surface area contributed by atoms with Gasteiger partial charge in [-0.15, -0.1) is 0 Å². The molecule has 2 heterocycles. The fourth-order valence-electron chi connectivity index (χ4n) is 5.23. The zero-order valence-corrected chi connectivity index (χ0v) is 25.2. The molecule has 1 aromatic rings. The van der Waals surface area contributed by atoms with Gasteiger partial charge < -0.3 is 9.64 Å². The quantitative estimate of drug-likeness (QED) is 0.285. The van der Waals surface area contributed by atoms with Crippen molar-refractivity contribution >= 4 is 25.7 Å². The van der Waals surface area contributed by atoms with E-state index in [2.05, 4.69) is 13.8 Å². The Bertz CT molecular complexity index is 967. The van der Waals surface area contributed by atoms with Gasteiger partial charge >= 0.3 is 0 Å². The molecule has 0 amide bonds. The third-order valence-electron chi connectivity index (χ3n) is 7.89. The van der Waals surface area contributed by atoms with Gasteiger partial charge in [0.1, 0.15) is 5.75 Å². The number of hydrogen-bond donors (Lipinski definition) is 0. The minimum Gasteiger partial charge on any atom is -0.493 e. The van der Waals surface area contributed by atoms with E-state index in [1.54, 1.807) is 8.61 Å². The van der Waals surface area contributed by atoms with Crippen molar-refractivity contribution in [3.05, 3.63) is 24.3 Å². The van der Waals surface area contributed by atoms with E-state index in [0.29, 0.717) is 38.7 Å². The molecule has 38 heavy (non-hydrogen) atoms. The van der Waals surface area contributed by atoms with Crippen LogP contribution in [0.15, 0.2) is 24.3 Å². The van der Waals surface area contributed by atoms with Crippen molar-refractivity contribution in [1.29, 1.82) is 0 Å². The first-order chi connectivity index (χ1) is 18.2. The van der Waals surface area contributed by atoms with Gasteiger partial charge in [-0.2, -0.15) is 0 Å². The maximum atomic E-state index is 13.0. The molecule has 1 atom stereocenters. The summed E-state index contributed by atoms with van der Waals surface area (Å²) in [7, 11) is -6.78. The third kappa shape index (κ3) is 9.68. The molecule has 0 radical (unpaired) electrons. The largest absolute Gasteiger partial charge is 0.493 e. The molecule has 0 aromatic heterocycles. The van der Waals surface area contributed by atoms with Crippen LogP contribution in [-0.2, 0) is 20.0 Å². The molecule has 1 unspecified atom stereocenters. The lowest BCUT2D eigenvalue weighted by Crippen LogP contribution is -2.43. The Labute approximate surface area is 231 Å². The van der Waals surface area contributed by atoms with Crippen molar-refractivity contribution in [1.82, 2.24) is 8.61 Å². The third-order valence-corrected chi connectivity index (χ3v) is 11.6. The molecule has 2 aliphatic heterocycles. The van der Waals surface area contributed by atoms with Crippen LogP contribution in [0.25, 0.3) is 0 Å². The number of unbranched alkanes of at least 4 members (excludes halogenated alkanes) is 1. The second kappa shape index (κ2) is 15.4. The van der Waals surface area contributed by atoms with Crippen LogP contribution >= 0.6 is 0 Å². The minimum atomic E-state index is -3.39. The average molecular weight is 572 g/mol. The molecule has 218 valence electrons. The van der Waals surface area contributed by atoms with Crippen LogP contribution in [0.4, 0.5) is 5.69 Å². The van der Waals surface area contributed by atoms with E-state index in [4.69, 9.17) is 4.74 Å². The highest BCUT2D eigenvalue weighted by Gasteiger charge is 2.27. The highest BCUT2D eigenvalue weighted by molar-refractivity contribution is 7.89. The molecular formula is C28H49N3O5S2. The van der Waals surface area contributed by atoms with Crippen LogP contribution in [0, 0.1) is 5.92 Å². The predicted molar refractivity (Wildman–Crippen MR) is 156 cm³/mol. The van der Waals surface area contributed by atoms with Gasteiger partial charge in [0.05, 0.1) is 18.1 Å². The monoisotopic (exact) mass is 571 g/mol. The second-order valence-electron chi connectivity index (χ2n) is 10.8. The van der Waals surface area contributed by atoms with Crippen LogP contribution in [0.3, 0.4) is 0 Å². The lowest BCUT2D eigenvalue weighted by atomic mass is 10.0. The molecule has 10 heteroatoms. The molecule has 0 bridgehead atoms. The summed E-state index contributed by atoms with van der Waals surface area (Å²) >= 11 is 0. The average Bonchev–Trinajstić information content (AvgIpc) is 2.94.